The minimum absolute atomic E-state index is 0.209. The third-order valence-electron chi connectivity index (χ3n) is 4.17. The largest absolute Gasteiger partial charge is 0.338 e. The molecular weight excluding hydrogens is 314 g/mol. The maximum absolute atomic E-state index is 12.1. The van der Waals surface area contributed by atoms with Crippen LogP contribution >= 0.6 is 0 Å². The summed E-state index contributed by atoms with van der Waals surface area (Å²) in [6.07, 6.45) is 5.17. The van der Waals surface area contributed by atoms with Crippen molar-refractivity contribution in [2.75, 3.05) is 11.9 Å². The lowest BCUT2D eigenvalue weighted by molar-refractivity contribution is 0.252. The number of pyridine rings is 1. The van der Waals surface area contributed by atoms with E-state index in [1.807, 2.05) is 30.3 Å². The fourth-order valence-corrected chi connectivity index (χ4v) is 2.93. The Morgan fingerprint density at radius 1 is 1.16 bits per heavy atom. The lowest BCUT2D eigenvalue weighted by Crippen LogP contribution is -2.30. The Hall–Kier alpha value is -2.89. The molecule has 3 rings (SSSR count). The lowest BCUT2D eigenvalue weighted by Gasteiger charge is -2.08. The van der Waals surface area contributed by atoms with Gasteiger partial charge in [-0.1, -0.05) is 6.92 Å². The van der Waals surface area contributed by atoms with Crippen LogP contribution < -0.4 is 10.6 Å². The first kappa shape index (κ1) is 17.0. The number of aromatic nitrogens is 3. The highest BCUT2D eigenvalue weighted by atomic mass is 16.2. The number of nitrogens with zero attached hydrogens (tertiary/aromatic N) is 3. The second-order valence-electron chi connectivity index (χ2n) is 5.82. The molecule has 0 saturated carbocycles. The van der Waals surface area contributed by atoms with Crippen LogP contribution in [-0.2, 0) is 19.4 Å². The molecule has 6 heteroatoms. The number of aryl methyl sites for hydroxylation is 2. The van der Waals surface area contributed by atoms with Gasteiger partial charge < -0.3 is 15.2 Å². The van der Waals surface area contributed by atoms with Crippen molar-refractivity contribution in [2.24, 2.45) is 0 Å². The van der Waals surface area contributed by atoms with Gasteiger partial charge in [0.05, 0.1) is 11.0 Å². The maximum Gasteiger partial charge on any atom is 0.319 e. The Labute approximate surface area is 147 Å². The van der Waals surface area contributed by atoms with Gasteiger partial charge in [-0.15, -0.1) is 0 Å². The van der Waals surface area contributed by atoms with Crippen molar-refractivity contribution in [3.63, 3.8) is 0 Å². The summed E-state index contributed by atoms with van der Waals surface area (Å²) in [4.78, 5) is 20.7. The Bertz CT molecular complexity index is 857. The maximum atomic E-state index is 12.1. The van der Waals surface area contributed by atoms with Gasteiger partial charge in [-0.2, -0.15) is 0 Å². The Balaban J connectivity index is 1.61. The van der Waals surface area contributed by atoms with Crippen molar-refractivity contribution >= 4 is 22.8 Å². The molecule has 2 amide bonds. The summed E-state index contributed by atoms with van der Waals surface area (Å²) in [6, 6.07) is 9.53. The number of imidazole rings is 1. The number of carbonyl (C=O) groups is 1. The number of carbonyl (C=O) groups excluding carboxylic acids is 1. The Morgan fingerprint density at radius 2 is 1.96 bits per heavy atom. The van der Waals surface area contributed by atoms with E-state index in [-0.39, 0.29) is 6.03 Å². The highest BCUT2D eigenvalue weighted by Crippen LogP contribution is 2.21. The van der Waals surface area contributed by atoms with Crippen molar-refractivity contribution in [3.8, 4) is 0 Å². The lowest BCUT2D eigenvalue weighted by atomic mass is 10.2. The number of hydrogen-bond acceptors (Lipinski definition) is 3. The molecule has 0 atom stereocenters. The van der Waals surface area contributed by atoms with Crippen molar-refractivity contribution in [1.82, 2.24) is 19.9 Å². The van der Waals surface area contributed by atoms with E-state index < -0.39 is 0 Å². The standard InChI is InChI=1S/C19H23N5O/c1-3-18-23-16-13-15(5-6-17(16)24(18)4-2)22-19(25)21-12-9-14-7-10-20-11-8-14/h5-8,10-11,13H,3-4,9,12H2,1-2H3,(H2,21,22,25). The van der Waals surface area contributed by atoms with Crippen LogP contribution in [0.4, 0.5) is 10.5 Å². The monoisotopic (exact) mass is 337 g/mol. The summed E-state index contributed by atoms with van der Waals surface area (Å²) >= 11 is 0. The minimum Gasteiger partial charge on any atom is -0.338 e. The number of rotatable bonds is 6. The molecule has 0 spiro atoms. The SMILES string of the molecule is CCc1nc2cc(NC(=O)NCCc3ccncc3)ccc2n1CC. The topological polar surface area (TPSA) is 71.8 Å². The van der Waals surface area contributed by atoms with Gasteiger partial charge in [-0.3, -0.25) is 4.98 Å². The summed E-state index contributed by atoms with van der Waals surface area (Å²) in [5, 5.41) is 5.74. The molecule has 130 valence electrons. The number of nitrogens with one attached hydrogen (secondary N) is 2. The van der Waals surface area contributed by atoms with Crippen LogP contribution in [0.3, 0.4) is 0 Å². The predicted octanol–water partition coefficient (Wildman–Crippen LogP) is 3.38. The molecule has 0 aliphatic carbocycles. The van der Waals surface area contributed by atoms with Crippen LogP contribution in [0.1, 0.15) is 25.2 Å². The molecule has 0 fully saturated rings. The van der Waals surface area contributed by atoms with Gasteiger partial charge in [0.1, 0.15) is 5.82 Å². The summed E-state index contributed by atoms with van der Waals surface area (Å²) in [5.41, 5.74) is 3.91. The number of urea groups is 1. The third-order valence-corrected chi connectivity index (χ3v) is 4.17. The number of anilines is 1. The van der Waals surface area contributed by atoms with E-state index >= 15 is 0 Å². The zero-order valence-corrected chi connectivity index (χ0v) is 14.6. The van der Waals surface area contributed by atoms with E-state index in [9.17, 15) is 4.79 Å². The minimum atomic E-state index is -0.209. The van der Waals surface area contributed by atoms with Crippen molar-refractivity contribution in [1.29, 1.82) is 0 Å². The zero-order valence-electron chi connectivity index (χ0n) is 14.6. The van der Waals surface area contributed by atoms with Gasteiger partial charge in [0.25, 0.3) is 0 Å². The quantitative estimate of drug-likeness (QED) is 0.724. The van der Waals surface area contributed by atoms with Gasteiger partial charge in [-0.05, 0) is 49.2 Å². The van der Waals surface area contributed by atoms with Gasteiger partial charge >= 0.3 is 6.03 Å². The molecule has 0 aliphatic rings. The smallest absolute Gasteiger partial charge is 0.319 e. The highest BCUT2D eigenvalue weighted by Gasteiger charge is 2.09. The van der Waals surface area contributed by atoms with Crippen LogP contribution in [0, 0.1) is 0 Å². The van der Waals surface area contributed by atoms with Crippen LogP contribution in [0.25, 0.3) is 11.0 Å². The van der Waals surface area contributed by atoms with Crippen LogP contribution in [0.15, 0.2) is 42.7 Å². The van der Waals surface area contributed by atoms with Gasteiger partial charge in [0.2, 0.25) is 0 Å². The number of amides is 2. The molecule has 0 bridgehead atoms. The number of hydrogen-bond donors (Lipinski definition) is 2. The Morgan fingerprint density at radius 3 is 2.68 bits per heavy atom. The van der Waals surface area contributed by atoms with Crippen molar-refractivity contribution < 1.29 is 4.79 Å². The van der Waals surface area contributed by atoms with Gasteiger partial charge in [-0.25, -0.2) is 9.78 Å². The molecule has 2 heterocycles. The Kier molecular flexibility index (Phi) is 5.28. The van der Waals surface area contributed by atoms with Crippen molar-refractivity contribution in [2.45, 2.75) is 33.2 Å². The molecule has 1 aromatic carbocycles. The average Bonchev–Trinajstić information content (AvgIpc) is 2.99. The highest BCUT2D eigenvalue weighted by molar-refractivity contribution is 5.92. The fraction of sp³-hybridized carbons (Fsp3) is 0.316. The molecule has 0 radical (unpaired) electrons. The van der Waals surface area contributed by atoms with Gasteiger partial charge in [0, 0.05) is 37.6 Å². The molecular formula is C19H23N5O. The second-order valence-corrected chi connectivity index (χ2v) is 5.82. The van der Waals surface area contributed by atoms with E-state index in [0.717, 1.165) is 47.5 Å². The molecule has 3 aromatic rings. The predicted molar refractivity (Wildman–Crippen MR) is 99.7 cm³/mol. The van der Waals surface area contributed by atoms with Crippen LogP contribution in [0.2, 0.25) is 0 Å². The number of fused-ring (bicyclic) bond motifs is 1. The summed E-state index contributed by atoms with van der Waals surface area (Å²) in [6.45, 7) is 5.68. The average molecular weight is 337 g/mol. The van der Waals surface area contributed by atoms with E-state index in [2.05, 4.69) is 39.0 Å². The molecule has 2 aromatic heterocycles. The molecule has 6 nitrogen and oxygen atoms in total. The van der Waals surface area contributed by atoms with Crippen LogP contribution in [0.5, 0.6) is 0 Å². The second kappa shape index (κ2) is 7.79. The molecule has 2 N–H and O–H groups in total. The van der Waals surface area contributed by atoms with Crippen molar-refractivity contribution in [3.05, 3.63) is 54.1 Å². The van der Waals surface area contributed by atoms with E-state index in [4.69, 9.17) is 0 Å². The first-order valence-corrected chi connectivity index (χ1v) is 8.64. The molecule has 25 heavy (non-hydrogen) atoms. The summed E-state index contributed by atoms with van der Waals surface area (Å²) in [5.74, 6) is 1.07. The fourth-order valence-electron chi connectivity index (χ4n) is 2.93. The number of benzene rings is 1. The first-order chi connectivity index (χ1) is 12.2. The first-order valence-electron chi connectivity index (χ1n) is 8.64. The van der Waals surface area contributed by atoms with Gasteiger partial charge in [0.15, 0.2) is 0 Å². The molecule has 0 aliphatic heterocycles. The normalized spacial score (nSPS) is 10.8. The molecule has 0 saturated heterocycles. The van der Waals surface area contributed by atoms with E-state index in [1.54, 1.807) is 12.4 Å². The summed E-state index contributed by atoms with van der Waals surface area (Å²) < 4.78 is 2.20. The third kappa shape index (κ3) is 3.96. The van der Waals surface area contributed by atoms with E-state index in [0.29, 0.717) is 6.54 Å². The zero-order chi connectivity index (χ0) is 17.6. The summed E-state index contributed by atoms with van der Waals surface area (Å²) in [7, 11) is 0. The molecule has 0 unspecified atom stereocenters. The van der Waals surface area contributed by atoms with Crippen LogP contribution in [-0.4, -0.2) is 27.1 Å². The van der Waals surface area contributed by atoms with E-state index in [1.165, 1.54) is 0 Å².